The van der Waals surface area contributed by atoms with Crippen molar-refractivity contribution in [2.24, 2.45) is 5.14 Å². The third-order valence-corrected chi connectivity index (χ3v) is 5.11. The van der Waals surface area contributed by atoms with E-state index in [0.29, 0.717) is 12.2 Å². The quantitative estimate of drug-likeness (QED) is 0.727. The number of rotatable bonds is 4. The van der Waals surface area contributed by atoms with Gasteiger partial charge in [-0.2, -0.15) is 0 Å². The normalized spacial score (nSPS) is 11.5. The van der Waals surface area contributed by atoms with Gasteiger partial charge >= 0.3 is 0 Å². The SMILES string of the molecule is Nc1c(NCc2cc(Br)cs2)cccc1S(N)(=O)=O. The number of halogens is 1. The molecular formula is C11H12BrN3O2S2. The molecule has 2 aromatic rings. The lowest BCUT2D eigenvalue weighted by molar-refractivity contribution is 0.598. The number of primary sulfonamides is 1. The predicted molar refractivity (Wildman–Crippen MR) is 81.6 cm³/mol. The second kappa shape index (κ2) is 5.49. The summed E-state index contributed by atoms with van der Waals surface area (Å²) in [6.45, 7) is 0.564. The number of para-hydroxylation sites is 1. The lowest BCUT2D eigenvalue weighted by atomic mass is 10.2. The van der Waals surface area contributed by atoms with Crippen LogP contribution in [0.3, 0.4) is 0 Å². The van der Waals surface area contributed by atoms with Gasteiger partial charge < -0.3 is 11.1 Å². The average molecular weight is 362 g/mol. The Morgan fingerprint density at radius 1 is 1.37 bits per heavy atom. The van der Waals surface area contributed by atoms with E-state index in [2.05, 4.69) is 21.2 Å². The first kappa shape index (κ1) is 14.3. The molecule has 1 heterocycles. The van der Waals surface area contributed by atoms with E-state index >= 15 is 0 Å². The molecule has 5 N–H and O–H groups in total. The van der Waals surface area contributed by atoms with Crippen LogP contribution in [0.5, 0.6) is 0 Å². The molecule has 102 valence electrons. The van der Waals surface area contributed by atoms with Crippen LogP contribution in [0.1, 0.15) is 4.88 Å². The van der Waals surface area contributed by atoms with Crippen LogP contribution in [0.25, 0.3) is 0 Å². The molecule has 1 aromatic heterocycles. The molecule has 1 aromatic carbocycles. The monoisotopic (exact) mass is 361 g/mol. The number of hydrogen-bond donors (Lipinski definition) is 3. The van der Waals surface area contributed by atoms with Gasteiger partial charge in [0.05, 0.1) is 11.4 Å². The van der Waals surface area contributed by atoms with Crippen LogP contribution in [0, 0.1) is 0 Å². The summed E-state index contributed by atoms with van der Waals surface area (Å²) in [6, 6.07) is 6.68. The average Bonchev–Trinajstić information content (AvgIpc) is 2.72. The summed E-state index contributed by atoms with van der Waals surface area (Å²) in [4.78, 5) is 1.04. The van der Waals surface area contributed by atoms with E-state index in [9.17, 15) is 8.42 Å². The molecule has 0 aliphatic heterocycles. The minimum absolute atomic E-state index is 0.0649. The van der Waals surface area contributed by atoms with Crippen molar-refractivity contribution in [3.63, 3.8) is 0 Å². The van der Waals surface area contributed by atoms with Gasteiger partial charge in [-0.15, -0.1) is 11.3 Å². The van der Waals surface area contributed by atoms with Gasteiger partial charge in [0.2, 0.25) is 10.0 Å². The van der Waals surface area contributed by atoms with Gasteiger partial charge in [-0.3, -0.25) is 0 Å². The van der Waals surface area contributed by atoms with Crippen molar-refractivity contribution in [1.82, 2.24) is 0 Å². The Morgan fingerprint density at radius 3 is 2.68 bits per heavy atom. The van der Waals surface area contributed by atoms with E-state index in [-0.39, 0.29) is 10.6 Å². The maximum absolute atomic E-state index is 11.3. The van der Waals surface area contributed by atoms with Crippen LogP contribution in [-0.2, 0) is 16.6 Å². The van der Waals surface area contributed by atoms with Gasteiger partial charge in [-0.25, -0.2) is 13.6 Å². The molecule has 0 saturated carbocycles. The Morgan fingerprint density at radius 2 is 2.11 bits per heavy atom. The second-order valence-corrected chi connectivity index (χ2v) is 7.29. The maximum atomic E-state index is 11.3. The maximum Gasteiger partial charge on any atom is 0.240 e. The number of thiophene rings is 1. The highest BCUT2D eigenvalue weighted by atomic mass is 79.9. The highest BCUT2D eigenvalue weighted by Gasteiger charge is 2.14. The van der Waals surface area contributed by atoms with E-state index in [4.69, 9.17) is 10.9 Å². The molecule has 0 spiro atoms. The van der Waals surface area contributed by atoms with Crippen LogP contribution in [-0.4, -0.2) is 8.42 Å². The summed E-state index contributed by atoms with van der Waals surface area (Å²) in [7, 11) is -3.80. The lowest BCUT2D eigenvalue weighted by Gasteiger charge is -2.11. The fourth-order valence-electron chi connectivity index (χ4n) is 1.58. The third kappa shape index (κ3) is 3.47. The predicted octanol–water partition coefficient (Wildman–Crippen LogP) is 2.35. The van der Waals surface area contributed by atoms with Crippen molar-refractivity contribution in [3.05, 3.63) is 39.0 Å². The second-order valence-electron chi connectivity index (χ2n) is 3.85. The molecule has 0 aliphatic carbocycles. The summed E-state index contributed by atoms with van der Waals surface area (Å²) >= 11 is 4.96. The van der Waals surface area contributed by atoms with Crippen LogP contribution < -0.4 is 16.2 Å². The Kier molecular flexibility index (Phi) is 4.14. The number of nitrogens with one attached hydrogen (secondary N) is 1. The molecule has 0 radical (unpaired) electrons. The zero-order chi connectivity index (χ0) is 14.0. The zero-order valence-corrected chi connectivity index (χ0v) is 13.0. The van der Waals surface area contributed by atoms with Gasteiger partial charge in [0, 0.05) is 21.3 Å². The summed E-state index contributed by atoms with van der Waals surface area (Å²) in [5.74, 6) is 0. The Labute approximate surface area is 123 Å². The molecule has 2 rings (SSSR count). The van der Waals surface area contributed by atoms with Crippen molar-refractivity contribution in [1.29, 1.82) is 0 Å². The highest BCUT2D eigenvalue weighted by molar-refractivity contribution is 9.10. The van der Waals surface area contributed by atoms with E-state index in [1.54, 1.807) is 23.5 Å². The van der Waals surface area contributed by atoms with Gasteiger partial charge in [0.15, 0.2) is 0 Å². The Hall–Kier alpha value is -1.09. The first-order valence-electron chi connectivity index (χ1n) is 5.26. The molecule has 0 bridgehead atoms. The van der Waals surface area contributed by atoms with Crippen molar-refractivity contribution in [2.75, 3.05) is 11.1 Å². The Bertz CT molecular complexity index is 698. The number of hydrogen-bond acceptors (Lipinski definition) is 5. The minimum Gasteiger partial charge on any atom is -0.396 e. The first-order chi connectivity index (χ1) is 8.88. The van der Waals surface area contributed by atoms with Crippen molar-refractivity contribution < 1.29 is 8.42 Å². The largest absolute Gasteiger partial charge is 0.396 e. The van der Waals surface area contributed by atoms with Crippen molar-refractivity contribution >= 4 is 48.7 Å². The third-order valence-electron chi connectivity index (χ3n) is 2.45. The van der Waals surface area contributed by atoms with E-state index in [1.807, 2.05) is 11.4 Å². The van der Waals surface area contributed by atoms with Crippen LogP contribution >= 0.6 is 27.3 Å². The van der Waals surface area contributed by atoms with E-state index < -0.39 is 10.0 Å². The number of nitrogen functional groups attached to an aromatic ring is 1. The van der Waals surface area contributed by atoms with Crippen LogP contribution in [0.2, 0.25) is 0 Å². The van der Waals surface area contributed by atoms with E-state index in [1.165, 1.54) is 6.07 Å². The molecule has 5 nitrogen and oxygen atoms in total. The van der Waals surface area contributed by atoms with Gasteiger partial charge in [-0.1, -0.05) is 6.07 Å². The number of nitrogens with two attached hydrogens (primary N) is 2. The molecule has 19 heavy (non-hydrogen) atoms. The molecule has 8 heteroatoms. The molecular weight excluding hydrogens is 350 g/mol. The highest BCUT2D eigenvalue weighted by Crippen LogP contribution is 2.27. The Balaban J connectivity index is 2.22. The smallest absolute Gasteiger partial charge is 0.240 e. The van der Waals surface area contributed by atoms with Crippen LogP contribution in [0.4, 0.5) is 11.4 Å². The molecule has 0 atom stereocenters. The summed E-state index contributed by atoms with van der Waals surface area (Å²) in [6.07, 6.45) is 0. The lowest BCUT2D eigenvalue weighted by Crippen LogP contribution is -2.15. The number of benzene rings is 1. The summed E-state index contributed by atoms with van der Waals surface area (Å²) < 4.78 is 23.7. The van der Waals surface area contributed by atoms with Gasteiger partial charge in [0.1, 0.15) is 4.90 Å². The van der Waals surface area contributed by atoms with Crippen molar-refractivity contribution in [2.45, 2.75) is 11.4 Å². The first-order valence-corrected chi connectivity index (χ1v) is 8.48. The fraction of sp³-hybridized carbons (Fsp3) is 0.0909. The van der Waals surface area contributed by atoms with Gasteiger partial charge in [-0.05, 0) is 34.1 Å². The standard InChI is InChI=1S/C11H12BrN3O2S2/c12-7-4-8(18-6-7)5-15-9-2-1-3-10(11(9)13)19(14,16)17/h1-4,6,15H,5,13H2,(H2,14,16,17). The van der Waals surface area contributed by atoms with E-state index in [0.717, 1.165) is 9.35 Å². The van der Waals surface area contributed by atoms with Gasteiger partial charge in [0.25, 0.3) is 0 Å². The number of sulfonamides is 1. The summed E-state index contributed by atoms with van der Waals surface area (Å²) in [5.41, 5.74) is 6.50. The van der Waals surface area contributed by atoms with Crippen LogP contribution in [0.15, 0.2) is 39.0 Å². The number of anilines is 2. The zero-order valence-electron chi connectivity index (χ0n) is 9.76. The molecule has 0 saturated heterocycles. The molecule has 0 aliphatic rings. The topological polar surface area (TPSA) is 98.2 Å². The summed E-state index contributed by atoms with van der Waals surface area (Å²) in [5, 5.41) is 10.2. The molecule has 0 amide bonds. The molecule has 0 unspecified atom stereocenters. The molecule has 0 fully saturated rings. The van der Waals surface area contributed by atoms with Crippen molar-refractivity contribution in [3.8, 4) is 0 Å². The minimum atomic E-state index is -3.80. The fourth-order valence-corrected chi connectivity index (χ4v) is 3.65.